The predicted octanol–water partition coefficient (Wildman–Crippen LogP) is 2.08. The number of likely N-dealkylation sites (tertiary alicyclic amines) is 1. The van der Waals surface area contributed by atoms with Crippen molar-refractivity contribution in [2.45, 2.75) is 58.4 Å². The number of hydrogen-bond acceptors (Lipinski definition) is 3. The molecular weight excluding hydrogens is 228 g/mol. The topological polar surface area (TPSA) is 66.6 Å². The molecule has 3 N–H and O–H groups in total. The van der Waals surface area contributed by atoms with Crippen LogP contribution < -0.4 is 5.73 Å². The van der Waals surface area contributed by atoms with Gasteiger partial charge in [-0.05, 0) is 44.7 Å². The van der Waals surface area contributed by atoms with Gasteiger partial charge in [0.15, 0.2) is 0 Å². The van der Waals surface area contributed by atoms with Crippen molar-refractivity contribution in [3.05, 3.63) is 0 Å². The quantitative estimate of drug-likeness (QED) is 0.763. The summed E-state index contributed by atoms with van der Waals surface area (Å²) in [4.78, 5) is 13.3. The summed E-state index contributed by atoms with van der Waals surface area (Å²) in [5.74, 6) is -0.907. The van der Waals surface area contributed by atoms with Gasteiger partial charge in [0, 0.05) is 6.54 Å². The number of piperidine rings is 1. The van der Waals surface area contributed by atoms with Crippen molar-refractivity contribution in [3.63, 3.8) is 0 Å². The van der Waals surface area contributed by atoms with E-state index in [0.29, 0.717) is 11.8 Å². The van der Waals surface area contributed by atoms with Crippen LogP contribution in [0.15, 0.2) is 0 Å². The molecule has 0 aromatic carbocycles. The summed E-state index contributed by atoms with van der Waals surface area (Å²) in [7, 11) is 0. The Bertz CT molecular complexity index is 276. The zero-order valence-electron chi connectivity index (χ0n) is 12.0. The van der Waals surface area contributed by atoms with E-state index in [9.17, 15) is 4.79 Å². The summed E-state index contributed by atoms with van der Waals surface area (Å²) in [5, 5.41) is 8.99. The second-order valence-corrected chi connectivity index (χ2v) is 6.02. The lowest BCUT2D eigenvalue weighted by molar-refractivity contribution is -0.143. The van der Waals surface area contributed by atoms with E-state index in [-0.39, 0.29) is 0 Å². The average Bonchev–Trinajstić information content (AvgIpc) is 2.37. The Balaban J connectivity index is 2.39. The highest BCUT2D eigenvalue weighted by molar-refractivity contribution is 5.77. The Kier molecular flexibility index (Phi) is 5.17. The number of carboxylic acids is 1. The van der Waals surface area contributed by atoms with Crippen LogP contribution in [0, 0.1) is 5.41 Å². The van der Waals surface area contributed by atoms with Crippen LogP contribution in [-0.4, -0.2) is 41.1 Å². The minimum atomic E-state index is -1.09. The van der Waals surface area contributed by atoms with Crippen LogP contribution in [-0.2, 0) is 4.79 Å². The highest BCUT2D eigenvalue weighted by Crippen LogP contribution is 2.37. The van der Waals surface area contributed by atoms with Crippen molar-refractivity contribution in [3.8, 4) is 0 Å². The van der Waals surface area contributed by atoms with Crippen molar-refractivity contribution in [2.24, 2.45) is 11.1 Å². The normalized spacial score (nSPS) is 23.6. The van der Waals surface area contributed by atoms with Crippen molar-refractivity contribution >= 4 is 5.97 Å². The molecule has 106 valence electrons. The van der Waals surface area contributed by atoms with Gasteiger partial charge >= 0.3 is 5.97 Å². The van der Waals surface area contributed by atoms with Gasteiger partial charge in [-0.25, -0.2) is 0 Å². The number of hydrogen-bond donors (Lipinski definition) is 2. The second-order valence-electron chi connectivity index (χ2n) is 6.02. The summed E-state index contributed by atoms with van der Waals surface area (Å²) >= 11 is 0. The summed E-state index contributed by atoms with van der Waals surface area (Å²) in [6, 6.07) is 0. The van der Waals surface area contributed by atoms with E-state index in [0.717, 1.165) is 19.6 Å². The lowest BCUT2D eigenvalue weighted by Crippen LogP contribution is -2.48. The van der Waals surface area contributed by atoms with Gasteiger partial charge in [0.25, 0.3) is 0 Å². The predicted molar refractivity (Wildman–Crippen MR) is 73.5 cm³/mol. The molecule has 1 saturated heterocycles. The maximum atomic E-state index is 10.9. The van der Waals surface area contributed by atoms with Crippen LogP contribution >= 0.6 is 0 Å². The van der Waals surface area contributed by atoms with Gasteiger partial charge in [-0.15, -0.1) is 0 Å². The van der Waals surface area contributed by atoms with Crippen LogP contribution in [0.4, 0.5) is 0 Å². The maximum Gasteiger partial charge on any atom is 0.323 e. The molecule has 1 aliphatic heterocycles. The molecule has 0 radical (unpaired) electrons. The highest BCUT2D eigenvalue weighted by atomic mass is 16.4. The zero-order valence-corrected chi connectivity index (χ0v) is 12.0. The third-order valence-corrected chi connectivity index (χ3v) is 4.85. The molecule has 1 aliphatic rings. The SMILES string of the molecule is CCC1(CC)CCN(CCC(C)(N)C(=O)O)CC1. The molecule has 1 heterocycles. The maximum absolute atomic E-state index is 10.9. The molecule has 0 bridgehead atoms. The number of rotatable bonds is 6. The average molecular weight is 256 g/mol. The van der Waals surface area contributed by atoms with Gasteiger partial charge in [0.1, 0.15) is 5.54 Å². The summed E-state index contributed by atoms with van der Waals surface area (Å²) in [6.07, 6.45) is 5.48. The first kappa shape index (κ1) is 15.4. The molecule has 0 spiro atoms. The molecule has 0 aromatic heterocycles. The Morgan fingerprint density at radius 2 is 1.83 bits per heavy atom. The Labute approximate surface area is 111 Å². The van der Waals surface area contributed by atoms with E-state index in [1.54, 1.807) is 6.92 Å². The standard InChI is InChI=1S/C14H28N2O2/c1-4-14(5-2)7-10-16(11-8-14)9-6-13(3,15)12(17)18/h4-11,15H2,1-3H3,(H,17,18). The lowest BCUT2D eigenvalue weighted by Gasteiger charge is -2.41. The Morgan fingerprint density at radius 3 is 2.22 bits per heavy atom. The monoisotopic (exact) mass is 256 g/mol. The van der Waals surface area contributed by atoms with E-state index in [1.807, 2.05) is 0 Å². The fourth-order valence-corrected chi connectivity index (χ4v) is 2.71. The van der Waals surface area contributed by atoms with E-state index < -0.39 is 11.5 Å². The largest absolute Gasteiger partial charge is 0.480 e. The Morgan fingerprint density at radius 1 is 1.33 bits per heavy atom. The number of carboxylic acid groups (broad SMARTS) is 1. The van der Waals surface area contributed by atoms with Gasteiger partial charge in [-0.3, -0.25) is 4.79 Å². The van der Waals surface area contributed by atoms with Crippen molar-refractivity contribution in [1.82, 2.24) is 4.90 Å². The summed E-state index contributed by atoms with van der Waals surface area (Å²) in [5.41, 5.74) is 5.19. The number of aliphatic carboxylic acids is 1. The fraction of sp³-hybridized carbons (Fsp3) is 0.929. The minimum absolute atomic E-state index is 0.521. The van der Waals surface area contributed by atoms with Gasteiger partial charge in [-0.1, -0.05) is 26.7 Å². The third kappa shape index (κ3) is 3.69. The third-order valence-electron chi connectivity index (χ3n) is 4.85. The van der Waals surface area contributed by atoms with Crippen LogP contribution in [0.1, 0.15) is 52.9 Å². The summed E-state index contributed by atoms with van der Waals surface area (Å²) in [6.45, 7) is 9.11. The number of carbonyl (C=O) groups is 1. The lowest BCUT2D eigenvalue weighted by atomic mass is 9.74. The van der Waals surface area contributed by atoms with E-state index >= 15 is 0 Å². The second kappa shape index (κ2) is 6.02. The molecule has 0 aliphatic carbocycles. The van der Waals surface area contributed by atoms with E-state index in [2.05, 4.69) is 18.7 Å². The molecule has 0 aromatic rings. The van der Waals surface area contributed by atoms with Crippen LogP contribution in [0.25, 0.3) is 0 Å². The first-order valence-electron chi connectivity index (χ1n) is 7.10. The molecule has 18 heavy (non-hydrogen) atoms. The fourth-order valence-electron chi connectivity index (χ4n) is 2.71. The smallest absolute Gasteiger partial charge is 0.323 e. The minimum Gasteiger partial charge on any atom is -0.480 e. The molecule has 1 fully saturated rings. The van der Waals surface area contributed by atoms with Gasteiger partial charge in [-0.2, -0.15) is 0 Å². The molecule has 4 heteroatoms. The molecular formula is C14H28N2O2. The van der Waals surface area contributed by atoms with Crippen molar-refractivity contribution < 1.29 is 9.90 Å². The number of nitrogens with zero attached hydrogens (tertiary/aromatic N) is 1. The van der Waals surface area contributed by atoms with Crippen LogP contribution in [0.2, 0.25) is 0 Å². The van der Waals surface area contributed by atoms with Gasteiger partial charge < -0.3 is 15.7 Å². The molecule has 0 saturated carbocycles. The van der Waals surface area contributed by atoms with Gasteiger partial charge in [0.2, 0.25) is 0 Å². The highest BCUT2D eigenvalue weighted by Gasteiger charge is 2.33. The van der Waals surface area contributed by atoms with Crippen molar-refractivity contribution in [2.75, 3.05) is 19.6 Å². The molecule has 1 atom stereocenters. The van der Waals surface area contributed by atoms with Crippen LogP contribution in [0.5, 0.6) is 0 Å². The zero-order chi connectivity index (χ0) is 13.8. The molecule has 4 nitrogen and oxygen atoms in total. The first-order chi connectivity index (χ1) is 8.35. The Hall–Kier alpha value is -0.610. The first-order valence-corrected chi connectivity index (χ1v) is 7.10. The molecule has 1 rings (SSSR count). The molecule has 1 unspecified atom stereocenters. The van der Waals surface area contributed by atoms with E-state index in [4.69, 9.17) is 10.8 Å². The van der Waals surface area contributed by atoms with Gasteiger partial charge in [0.05, 0.1) is 0 Å². The van der Waals surface area contributed by atoms with E-state index in [1.165, 1.54) is 25.7 Å². The number of nitrogens with two attached hydrogens (primary N) is 1. The van der Waals surface area contributed by atoms with Crippen molar-refractivity contribution in [1.29, 1.82) is 0 Å². The summed E-state index contributed by atoms with van der Waals surface area (Å²) < 4.78 is 0. The molecule has 0 amide bonds. The van der Waals surface area contributed by atoms with Crippen LogP contribution in [0.3, 0.4) is 0 Å².